The molecule has 2 aliphatic rings. The zero-order valence-corrected chi connectivity index (χ0v) is 19.7. The largest absolute Gasteiger partial charge is 0.497 e. The van der Waals surface area contributed by atoms with E-state index in [1.807, 2.05) is 12.1 Å². The summed E-state index contributed by atoms with van der Waals surface area (Å²) in [5.74, 6) is 2.11. The summed E-state index contributed by atoms with van der Waals surface area (Å²) in [4.78, 5) is 26.9. The van der Waals surface area contributed by atoms with Crippen LogP contribution in [0, 0.1) is 5.92 Å². The van der Waals surface area contributed by atoms with E-state index in [0.717, 1.165) is 38.0 Å². The lowest BCUT2D eigenvalue weighted by Crippen LogP contribution is -2.44. The van der Waals surface area contributed by atoms with Crippen molar-refractivity contribution in [3.63, 3.8) is 0 Å². The molecule has 1 saturated carbocycles. The van der Waals surface area contributed by atoms with Gasteiger partial charge < -0.3 is 25.0 Å². The first-order chi connectivity index (χ1) is 16.1. The number of piperidine rings is 1. The number of hydrogen-bond donors (Lipinski definition) is 2. The number of aromatic nitrogens is 2. The van der Waals surface area contributed by atoms with Gasteiger partial charge in [-0.05, 0) is 49.9 Å². The molecule has 2 heterocycles. The van der Waals surface area contributed by atoms with Crippen molar-refractivity contribution in [2.75, 3.05) is 43.3 Å². The second-order valence-electron chi connectivity index (χ2n) is 8.20. The number of nitrogens with one attached hydrogen (secondary N) is 2. The highest BCUT2D eigenvalue weighted by molar-refractivity contribution is 7.99. The normalized spacial score (nSPS) is 17.9. The van der Waals surface area contributed by atoms with Gasteiger partial charge in [0.05, 0.1) is 31.6 Å². The Bertz CT molecular complexity index is 983. The second-order valence-corrected chi connectivity index (χ2v) is 9.20. The maximum Gasteiger partial charge on any atom is 0.234 e. The smallest absolute Gasteiger partial charge is 0.234 e. The molecule has 9 nitrogen and oxygen atoms in total. The van der Waals surface area contributed by atoms with Crippen LogP contribution in [0.15, 0.2) is 35.4 Å². The summed E-state index contributed by atoms with van der Waals surface area (Å²) in [7, 11) is 3.12. The third-order valence-corrected chi connectivity index (χ3v) is 6.62. The summed E-state index contributed by atoms with van der Waals surface area (Å²) >= 11 is 1.31. The van der Waals surface area contributed by atoms with E-state index < -0.39 is 0 Å². The Morgan fingerprint density at radius 1 is 1.12 bits per heavy atom. The van der Waals surface area contributed by atoms with Crippen molar-refractivity contribution in [3.8, 4) is 11.5 Å². The predicted molar refractivity (Wildman–Crippen MR) is 127 cm³/mol. The SMILES string of the molecule is COc1ccc(NC(=O)CSc2ccc(N3CCCC(C(=O)NC4CC4)C3)nn2)c(OC)c1. The van der Waals surface area contributed by atoms with Crippen LogP contribution < -0.4 is 25.0 Å². The van der Waals surface area contributed by atoms with Crippen molar-refractivity contribution >= 4 is 35.1 Å². The number of nitrogens with zero attached hydrogens (tertiary/aromatic N) is 3. The van der Waals surface area contributed by atoms with Gasteiger partial charge in [-0.2, -0.15) is 0 Å². The van der Waals surface area contributed by atoms with E-state index in [9.17, 15) is 9.59 Å². The zero-order chi connectivity index (χ0) is 23.2. The molecule has 2 aromatic rings. The Hall–Kier alpha value is -3.01. The molecular formula is C23H29N5O4S. The lowest BCUT2D eigenvalue weighted by Gasteiger charge is -2.32. The first kappa shape index (κ1) is 23.2. The molecular weight excluding hydrogens is 442 g/mol. The number of thioether (sulfide) groups is 1. The summed E-state index contributed by atoms with van der Waals surface area (Å²) in [6.07, 6.45) is 4.05. The molecule has 10 heteroatoms. The minimum Gasteiger partial charge on any atom is -0.497 e. The molecule has 1 aliphatic heterocycles. The van der Waals surface area contributed by atoms with Crippen molar-refractivity contribution < 1.29 is 19.1 Å². The van der Waals surface area contributed by atoms with Crippen LogP contribution in [-0.2, 0) is 9.59 Å². The van der Waals surface area contributed by atoms with Crippen molar-refractivity contribution in [2.45, 2.75) is 36.8 Å². The molecule has 176 valence electrons. The fraction of sp³-hybridized carbons (Fsp3) is 0.478. The number of anilines is 2. The summed E-state index contributed by atoms with van der Waals surface area (Å²) in [6.45, 7) is 1.52. The molecule has 1 aromatic heterocycles. The van der Waals surface area contributed by atoms with E-state index in [-0.39, 0.29) is 23.5 Å². The van der Waals surface area contributed by atoms with Gasteiger partial charge in [0.1, 0.15) is 16.5 Å². The Morgan fingerprint density at radius 2 is 1.97 bits per heavy atom. The van der Waals surface area contributed by atoms with Crippen LogP contribution >= 0.6 is 11.8 Å². The van der Waals surface area contributed by atoms with Gasteiger partial charge >= 0.3 is 0 Å². The van der Waals surface area contributed by atoms with E-state index in [0.29, 0.717) is 34.8 Å². The zero-order valence-electron chi connectivity index (χ0n) is 18.9. The van der Waals surface area contributed by atoms with Gasteiger partial charge in [0.2, 0.25) is 11.8 Å². The number of rotatable bonds is 9. The van der Waals surface area contributed by atoms with Crippen LogP contribution in [0.1, 0.15) is 25.7 Å². The number of ether oxygens (including phenoxy) is 2. The van der Waals surface area contributed by atoms with Crippen LogP contribution in [0.4, 0.5) is 11.5 Å². The van der Waals surface area contributed by atoms with E-state index in [4.69, 9.17) is 9.47 Å². The van der Waals surface area contributed by atoms with E-state index >= 15 is 0 Å². The molecule has 1 atom stereocenters. The average molecular weight is 472 g/mol. The van der Waals surface area contributed by atoms with E-state index in [1.165, 1.54) is 11.8 Å². The minimum atomic E-state index is -0.171. The Balaban J connectivity index is 1.28. The van der Waals surface area contributed by atoms with Gasteiger partial charge in [0.25, 0.3) is 0 Å². The molecule has 1 aliphatic carbocycles. The minimum absolute atomic E-state index is 0.00570. The maximum absolute atomic E-state index is 12.4. The highest BCUT2D eigenvalue weighted by Crippen LogP contribution is 2.29. The van der Waals surface area contributed by atoms with Crippen LogP contribution in [0.5, 0.6) is 11.5 Å². The summed E-state index contributed by atoms with van der Waals surface area (Å²) in [5.41, 5.74) is 0.579. The van der Waals surface area contributed by atoms with Crippen molar-refractivity contribution in [3.05, 3.63) is 30.3 Å². The van der Waals surface area contributed by atoms with Crippen LogP contribution in [0.25, 0.3) is 0 Å². The molecule has 2 fully saturated rings. The molecule has 0 bridgehead atoms. The monoisotopic (exact) mass is 471 g/mol. The van der Waals surface area contributed by atoms with Gasteiger partial charge in [-0.15, -0.1) is 10.2 Å². The highest BCUT2D eigenvalue weighted by Gasteiger charge is 2.31. The Kier molecular flexibility index (Phi) is 7.54. The van der Waals surface area contributed by atoms with Gasteiger partial charge in [0, 0.05) is 25.2 Å². The molecule has 0 spiro atoms. The summed E-state index contributed by atoms with van der Waals surface area (Å²) < 4.78 is 10.5. The van der Waals surface area contributed by atoms with Gasteiger partial charge in [-0.1, -0.05) is 11.8 Å². The van der Waals surface area contributed by atoms with E-state index in [2.05, 4.69) is 25.7 Å². The number of benzene rings is 1. The quantitative estimate of drug-likeness (QED) is 0.538. The number of methoxy groups -OCH3 is 2. The Morgan fingerprint density at radius 3 is 2.67 bits per heavy atom. The standard InChI is InChI=1S/C23H29N5O4S/c1-31-17-7-8-18(19(12-17)32-2)25-21(29)14-33-22-10-9-20(26-27-22)28-11-3-4-15(13-28)23(30)24-16-5-6-16/h7-10,12,15-16H,3-6,11,13-14H2,1-2H3,(H,24,30)(H,25,29). The van der Waals surface area contributed by atoms with Crippen molar-refractivity contribution in [1.82, 2.24) is 15.5 Å². The van der Waals surface area contributed by atoms with E-state index in [1.54, 1.807) is 32.4 Å². The van der Waals surface area contributed by atoms with Gasteiger partial charge in [-0.25, -0.2) is 0 Å². The molecule has 33 heavy (non-hydrogen) atoms. The number of amides is 2. The predicted octanol–water partition coefficient (Wildman–Crippen LogP) is 2.72. The third kappa shape index (κ3) is 6.28. The van der Waals surface area contributed by atoms with Crippen LogP contribution in [-0.4, -0.2) is 61.1 Å². The maximum atomic E-state index is 12.4. The van der Waals surface area contributed by atoms with Crippen LogP contribution in [0.3, 0.4) is 0 Å². The number of hydrogen-bond acceptors (Lipinski definition) is 8. The molecule has 4 rings (SSSR count). The van der Waals surface area contributed by atoms with Gasteiger partial charge in [0.15, 0.2) is 5.82 Å². The molecule has 2 amide bonds. The Labute approximate surface area is 197 Å². The molecule has 0 radical (unpaired) electrons. The highest BCUT2D eigenvalue weighted by atomic mass is 32.2. The van der Waals surface area contributed by atoms with Crippen molar-refractivity contribution in [2.24, 2.45) is 5.92 Å². The third-order valence-electron chi connectivity index (χ3n) is 5.70. The molecule has 2 N–H and O–H groups in total. The average Bonchev–Trinajstić information content (AvgIpc) is 3.67. The lowest BCUT2D eigenvalue weighted by atomic mass is 9.97. The first-order valence-electron chi connectivity index (χ1n) is 11.1. The molecule has 1 unspecified atom stereocenters. The first-order valence-corrected chi connectivity index (χ1v) is 12.1. The molecule has 1 aromatic carbocycles. The van der Waals surface area contributed by atoms with Crippen molar-refractivity contribution in [1.29, 1.82) is 0 Å². The topological polar surface area (TPSA) is 106 Å². The fourth-order valence-electron chi connectivity index (χ4n) is 3.73. The summed E-state index contributed by atoms with van der Waals surface area (Å²) in [6, 6.07) is 9.37. The fourth-order valence-corrected chi connectivity index (χ4v) is 4.35. The summed E-state index contributed by atoms with van der Waals surface area (Å²) in [5, 5.41) is 15.2. The lowest BCUT2D eigenvalue weighted by molar-refractivity contribution is -0.125. The number of carbonyl (C=O) groups excluding carboxylic acids is 2. The number of carbonyl (C=O) groups is 2. The molecule has 1 saturated heterocycles. The van der Waals surface area contributed by atoms with Crippen LogP contribution in [0.2, 0.25) is 0 Å². The van der Waals surface area contributed by atoms with Gasteiger partial charge in [-0.3, -0.25) is 9.59 Å². The second kappa shape index (κ2) is 10.7.